The first-order valence-electron chi connectivity index (χ1n) is 6.70. The molecule has 1 aliphatic rings. The first-order valence-corrected chi connectivity index (χ1v) is 6.70. The minimum absolute atomic E-state index is 0.177. The molecule has 0 radical (unpaired) electrons. The lowest BCUT2D eigenvalue weighted by Crippen LogP contribution is -2.29. The highest BCUT2D eigenvalue weighted by molar-refractivity contribution is 6.08. The van der Waals surface area contributed by atoms with E-state index in [1.807, 2.05) is 30.3 Å². The van der Waals surface area contributed by atoms with Crippen LogP contribution in [0.25, 0.3) is 0 Å². The number of hydrazone groups is 1. The molecule has 1 unspecified atom stereocenters. The number of carboxylic acids is 1. The van der Waals surface area contributed by atoms with Crippen LogP contribution in [0, 0.1) is 5.92 Å². The topological polar surface area (TPSA) is 70.0 Å². The van der Waals surface area contributed by atoms with E-state index in [0.29, 0.717) is 12.3 Å². The molecule has 1 aromatic carbocycles. The molecule has 0 aliphatic carbocycles. The van der Waals surface area contributed by atoms with Crippen molar-refractivity contribution in [1.29, 1.82) is 0 Å². The Morgan fingerprint density at radius 2 is 2.05 bits per heavy atom. The number of carboxylic acid groups (broad SMARTS) is 1. The lowest BCUT2D eigenvalue weighted by Gasteiger charge is -2.13. The maximum Gasteiger partial charge on any atom is 0.304 e. The summed E-state index contributed by atoms with van der Waals surface area (Å²) in [4.78, 5) is 22.8. The summed E-state index contributed by atoms with van der Waals surface area (Å²) in [5.74, 6) is -1.76. The van der Waals surface area contributed by atoms with E-state index in [0.717, 1.165) is 12.8 Å². The van der Waals surface area contributed by atoms with E-state index in [4.69, 9.17) is 5.11 Å². The molecular formula is C15H18N2O3. The minimum atomic E-state index is -0.968. The first-order chi connectivity index (χ1) is 9.58. The van der Waals surface area contributed by atoms with Crippen molar-refractivity contribution >= 4 is 17.6 Å². The monoisotopic (exact) mass is 274 g/mol. The molecule has 5 nitrogen and oxygen atoms in total. The fourth-order valence-corrected chi connectivity index (χ4v) is 2.32. The summed E-state index contributed by atoms with van der Waals surface area (Å²) in [5, 5.41) is 14.4. The Labute approximate surface area is 117 Å². The lowest BCUT2D eigenvalue weighted by molar-refractivity contribution is -0.141. The average Bonchev–Trinajstić information content (AvgIpc) is 2.67. The molecule has 20 heavy (non-hydrogen) atoms. The van der Waals surface area contributed by atoms with Gasteiger partial charge in [0.2, 0.25) is 0 Å². The molecule has 1 N–H and O–H groups in total. The molecule has 1 amide bonds. The van der Waals surface area contributed by atoms with E-state index in [1.54, 1.807) is 6.92 Å². The van der Waals surface area contributed by atoms with Crippen LogP contribution in [0.15, 0.2) is 35.4 Å². The van der Waals surface area contributed by atoms with Gasteiger partial charge in [0.1, 0.15) is 0 Å². The average molecular weight is 274 g/mol. The van der Waals surface area contributed by atoms with Crippen LogP contribution in [0.3, 0.4) is 0 Å². The van der Waals surface area contributed by atoms with Crippen molar-refractivity contribution in [3.63, 3.8) is 0 Å². The van der Waals surface area contributed by atoms with E-state index in [2.05, 4.69) is 5.10 Å². The maximum atomic E-state index is 12.0. The van der Waals surface area contributed by atoms with Gasteiger partial charge in [-0.25, -0.2) is 5.01 Å². The highest BCUT2D eigenvalue weighted by Gasteiger charge is 2.34. The van der Waals surface area contributed by atoms with Crippen molar-refractivity contribution in [1.82, 2.24) is 5.01 Å². The summed E-state index contributed by atoms with van der Waals surface area (Å²) in [6, 6.07) is 10.0. The van der Waals surface area contributed by atoms with Crippen molar-refractivity contribution in [3.8, 4) is 0 Å². The Kier molecular flexibility index (Phi) is 4.50. The molecule has 0 aromatic heterocycles. The van der Waals surface area contributed by atoms with Gasteiger partial charge in [-0.3, -0.25) is 9.59 Å². The van der Waals surface area contributed by atoms with Crippen LogP contribution in [0.4, 0.5) is 0 Å². The standard InChI is InChI=1S/C15H18N2O3/c1-11-13(10-14(18)19)15(20)17(16-11)9-5-8-12-6-3-2-4-7-12/h2-4,6-7,13H,5,8-10H2,1H3,(H,18,19). The van der Waals surface area contributed by atoms with E-state index in [-0.39, 0.29) is 12.3 Å². The number of benzene rings is 1. The van der Waals surface area contributed by atoms with Crippen LogP contribution in [0.5, 0.6) is 0 Å². The van der Waals surface area contributed by atoms with Gasteiger partial charge in [0.25, 0.3) is 5.91 Å². The number of aliphatic carboxylic acids is 1. The number of amides is 1. The Morgan fingerprint density at radius 1 is 1.35 bits per heavy atom. The second-order valence-corrected chi connectivity index (χ2v) is 4.94. The fraction of sp³-hybridized carbons (Fsp3) is 0.400. The van der Waals surface area contributed by atoms with Gasteiger partial charge in [-0.2, -0.15) is 5.10 Å². The highest BCUT2D eigenvalue weighted by atomic mass is 16.4. The number of rotatable bonds is 6. The van der Waals surface area contributed by atoms with E-state index < -0.39 is 11.9 Å². The molecule has 1 aromatic rings. The molecule has 1 heterocycles. The Bertz CT molecular complexity index is 525. The second kappa shape index (κ2) is 6.32. The number of carbonyl (C=O) groups excluding carboxylic acids is 1. The third-order valence-electron chi connectivity index (χ3n) is 3.39. The summed E-state index contributed by atoms with van der Waals surface area (Å²) in [7, 11) is 0. The molecule has 0 saturated heterocycles. The summed E-state index contributed by atoms with van der Waals surface area (Å²) in [5.41, 5.74) is 1.82. The summed E-state index contributed by atoms with van der Waals surface area (Å²) < 4.78 is 0. The molecule has 1 aliphatic heterocycles. The number of carbonyl (C=O) groups is 2. The summed E-state index contributed by atoms with van der Waals surface area (Å²) >= 11 is 0. The molecule has 0 bridgehead atoms. The Balaban J connectivity index is 1.85. The van der Waals surface area contributed by atoms with Crippen molar-refractivity contribution in [3.05, 3.63) is 35.9 Å². The third-order valence-corrected chi connectivity index (χ3v) is 3.39. The molecular weight excluding hydrogens is 256 g/mol. The molecule has 2 rings (SSSR count). The second-order valence-electron chi connectivity index (χ2n) is 4.94. The van der Waals surface area contributed by atoms with Gasteiger partial charge in [0.05, 0.1) is 12.3 Å². The molecule has 0 saturated carbocycles. The maximum absolute atomic E-state index is 12.0. The third kappa shape index (κ3) is 3.44. The van der Waals surface area contributed by atoms with Crippen molar-refractivity contribution in [2.45, 2.75) is 26.2 Å². The number of aryl methyl sites for hydroxylation is 1. The zero-order valence-electron chi connectivity index (χ0n) is 11.5. The van der Waals surface area contributed by atoms with E-state index in [9.17, 15) is 9.59 Å². The summed E-state index contributed by atoms with van der Waals surface area (Å²) in [6.07, 6.45) is 1.51. The van der Waals surface area contributed by atoms with Crippen LogP contribution < -0.4 is 0 Å². The normalized spacial score (nSPS) is 18.2. The molecule has 0 spiro atoms. The van der Waals surface area contributed by atoms with Gasteiger partial charge in [0.15, 0.2) is 0 Å². The predicted octanol–water partition coefficient (Wildman–Crippen LogP) is 1.93. The summed E-state index contributed by atoms with van der Waals surface area (Å²) in [6.45, 7) is 2.24. The van der Waals surface area contributed by atoms with E-state index in [1.165, 1.54) is 10.6 Å². The minimum Gasteiger partial charge on any atom is -0.481 e. The Morgan fingerprint density at radius 3 is 2.70 bits per heavy atom. The van der Waals surface area contributed by atoms with Crippen LogP contribution >= 0.6 is 0 Å². The molecule has 106 valence electrons. The van der Waals surface area contributed by atoms with Crippen LogP contribution in [-0.4, -0.2) is 34.2 Å². The fourth-order valence-electron chi connectivity index (χ4n) is 2.32. The SMILES string of the molecule is CC1=NN(CCCc2ccccc2)C(=O)C1CC(=O)O. The smallest absolute Gasteiger partial charge is 0.304 e. The highest BCUT2D eigenvalue weighted by Crippen LogP contribution is 2.19. The van der Waals surface area contributed by atoms with Gasteiger partial charge in [-0.15, -0.1) is 0 Å². The van der Waals surface area contributed by atoms with Gasteiger partial charge >= 0.3 is 5.97 Å². The Hall–Kier alpha value is -2.17. The quantitative estimate of drug-likeness (QED) is 0.861. The van der Waals surface area contributed by atoms with E-state index >= 15 is 0 Å². The van der Waals surface area contributed by atoms with Crippen LogP contribution in [0.1, 0.15) is 25.3 Å². The van der Waals surface area contributed by atoms with Gasteiger partial charge in [0, 0.05) is 12.3 Å². The van der Waals surface area contributed by atoms with Crippen LogP contribution in [-0.2, 0) is 16.0 Å². The number of hydrogen-bond acceptors (Lipinski definition) is 3. The molecule has 0 fully saturated rings. The molecule has 1 atom stereocenters. The van der Waals surface area contributed by atoms with Crippen molar-refractivity contribution in [2.24, 2.45) is 11.0 Å². The van der Waals surface area contributed by atoms with Crippen molar-refractivity contribution < 1.29 is 14.7 Å². The van der Waals surface area contributed by atoms with Crippen molar-refractivity contribution in [2.75, 3.05) is 6.54 Å². The predicted molar refractivity (Wildman–Crippen MR) is 75.3 cm³/mol. The number of hydrogen-bond donors (Lipinski definition) is 1. The lowest BCUT2D eigenvalue weighted by atomic mass is 10.0. The number of nitrogens with zero attached hydrogens (tertiary/aromatic N) is 2. The van der Waals surface area contributed by atoms with Gasteiger partial charge in [-0.05, 0) is 25.3 Å². The van der Waals surface area contributed by atoms with Gasteiger partial charge < -0.3 is 5.11 Å². The zero-order valence-corrected chi connectivity index (χ0v) is 11.5. The largest absolute Gasteiger partial charge is 0.481 e. The van der Waals surface area contributed by atoms with Gasteiger partial charge in [-0.1, -0.05) is 30.3 Å². The zero-order chi connectivity index (χ0) is 14.5. The van der Waals surface area contributed by atoms with Crippen LogP contribution in [0.2, 0.25) is 0 Å². The molecule has 5 heteroatoms. The first kappa shape index (κ1) is 14.2.